The highest BCUT2D eigenvalue weighted by molar-refractivity contribution is 6.18. The molecule has 140 valence electrons. The van der Waals surface area contributed by atoms with Gasteiger partial charge in [0.1, 0.15) is 11.1 Å². The topological polar surface area (TPSA) is 49.3 Å². The summed E-state index contributed by atoms with van der Waals surface area (Å²) in [5.74, 6) is 0.403. The van der Waals surface area contributed by atoms with Crippen LogP contribution in [0.3, 0.4) is 0 Å². The smallest absolute Gasteiger partial charge is 0.397 e. The molecule has 0 aliphatic rings. The standard InChI is InChI=1S/C24H22N2O2/c1-12(2)15-10-16-9-13(3)14(4)20-21(16)19(11-15)28-24-23(20)26(5)17-7-6-8-18(27)22(17)25-24/h6-12H,1-5H3/p+1. The molecular weight excluding hydrogens is 348 g/mol. The number of benzene rings is 3. The molecule has 0 aliphatic heterocycles. The SMILES string of the molecule is Cc1cc2cc(C(C)C)cc3oc4[nH+]c5c(=O)cccc5n(C)c4c(c1C)c23. The Kier molecular flexibility index (Phi) is 3.45. The molecule has 0 spiro atoms. The molecule has 0 aliphatic carbocycles. The van der Waals surface area contributed by atoms with Gasteiger partial charge in [0.15, 0.2) is 5.52 Å². The Bertz CT molecular complexity index is 1490. The van der Waals surface area contributed by atoms with E-state index in [1.54, 1.807) is 12.1 Å². The van der Waals surface area contributed by atoms with Crippen LogP contribution in [0, 0.1) is 13.8 Å². The number of hydrogen-bond donors (Lipinski definition) is 0. The van der Waals surface area contributed by atoms with Gasteiger partial charge in [0.2, 0.25) is 0 Å². The molecule has 0 unspecified atom stereocenters. The average Bonchev–Trinajstić information content (AvgIpc) is 2.65. The summed E-state index contributed by atoms with van der Waals surface area (Å²) in [7, 11) is 2.00. The third kappa shape index (κ3) is 2.18. The zero-order valence-electron chi connectivity index (χ0n) is 16.8. The summed E-state index contributed by atoms with van der Waals surface area (Å²) < 4.78 is 8.44. The summed E-state index contributed by atoms with van der Waals surface area (Å²) in [5, 5.41) is 3.52. The van der Waals surface area contributed by atoms with E-state index in [9.17, 15) is 4.79 Å². The predicted molar refractivity (Wildman–Crippen MR) is 114 cm³/mol. The number of H-pyrrole nitrogens is 1. The van der Waals surface area contributed by atoms with E-state index < -0.39 is 0 Å². The number of rotatable bonds is 1. The summed E-state index contributed by atoms with van der Waals surface area (Å²) in [6.45, 7) is 8.70. The van der Waals surface area contributed by atoms with Gasteiger partial charge in [0.05, 0.1) is 0 Å². The number of aromatic nitrogens is 2. The molecule has 0 fully saturated rings. The van der Waals surface area contributed by atoms with Gasteiger partial charge >= 0.3 is 5.71 Å². The van der Waals surface area contributed by atoms with E-state index >= 15 is 0 Å². The Morgan fingerprint density at radius 2 is 1.86 bits per heavy atom. The van der Waals surface area contributed by atoms with Crippen LogP contribution in [0.25, 0.3) is 44.0 Å². The van der Waals surface area contributed by atoms with Crippen molar-refractivity contribution in [2.45, 2.75) is 33.6 Å². The zero-order chi connectivity index (χ0) is 19.7. The molecule has 5 aromatic rings. The summed E-state index contributed by atoms with van der Waals surface area (Å²) in [6, 6.07) is 12.0. The van der Waals surface area contributed by atoms with Crippen molar-refractivity contribution in [1.29, 1.82) is 0 Å². The van der Waals surface area contributed by atoms with Crippen molar-refractivity contribution >= 4 is 44.0 Å². The Labute approximate surface area is 162 Å². The fourth-order valence-electron chi connectivity index (χ4n) is 4.31. The van der Waals surface area contributed by atoms with Gasteiger partial charge in [-0.15, -0.1) is 0 Å². The lowest BCUT2D eigenvalue weighted by atomic mass is 9.92. The first-order valence-corrected chi connectivity index (χ1v) is 9.68. The fraction of sp³-hybridized carbons (Fsp3) is 0.250. The third-order valence-electron chi connectivity index (χ3n) is 6.01. The highest BCUT2D eigenvalue weighted by atomic mass is 16.3. The van der Waals surface area contributed by atoms with Gasteiger partial charge in [-0.05, 0) is 60.0 Å². The monoisotopic (exact) mass is 371 g/mol. The Hall–Kier alpha value is -3.14. The van der Waals surface area contributed by atoms with Crippen molar-refractivity contribution in [3.05, 3.63) is 63.3 Å². The second kappa shape index (κ2) is 5.68. The van der Waals surface area contributed by atoms with Crippen LogP contribution in [-0.4, -0.2) is 4.57 Å². The summed E-state index contributed by atoms with van der Waals surface area (Å²) in [6.07, 6.45) is 0. The first-order chi connectivity index (χ1) is 13.4. The van der Waals surface area contributed by atoms with E-state index in [1.807, 2.05) is 13.1 Å². The van der Waals surface area contributed by atoms with Crippen molar-refractivity contribution in [3.8, 4) is 0 Å². The molecule has 2 aromatic heterocycles. The molecule has 2 heterocycles. The summed E-state index contributed by atoms with van der Waals surface area (Å²) in [4.78, 5) is 15.7. The lowest BCUT2D eigenvalue weighted by molar-refractivity contribution is -0.323. The maximum absolute atomic E-state index is 12.4. The number of aryl methyl sites for hydroxylation is 3. The molecule has 28 heavy (non-hydrogen) atoms. The maximum atomic E-state index is 12.4. The first-order valence-electron chi connectivity index (χ1n) is 9.68. The number of para-hydroxylation sites is 1. The quantitative estimate of drug-likeness (QED) is 0.302. The van der Waals surface area contributed by atoms with E-state index in [4.69, 9.17) is 4.42 Å². The fourth-order valence-corrected chi connectivity index (χ4v) is 4.31. The van der Waals surface area contributed by atoms with E-state index in [2.05, 4.69) is 55.4 Å². The Morgan fingerprint density at radius 3 is 2.61 bits per heavy atom. The minimum Gasteiger partial charge on any atom is -0.403 e. The molecule has 0 radical (unpaired) electrons. The lowest BCUT2D eigenvalue weighted by Gasteiger charge is -2.16. The van der Waals surface area contributed by atoms with Gasteiger partial charge in [-0.25, -0.2) is 0 Å². The van der Waals surface area contributed by atoms with Gasteiger partial charge in [-0.3, -0.25) is 4.79 Å². The van der Waals surface area contributed by atoms with E-state index in [0.717, 1.165) is 22.0 Å². The van der Waals surface area contributed by atoms with Crippen LogP contribution < -0.4 is 10.4 Å². The molecule has 0 amide bonds. The lowest BCUT2D eigenvalue weighted by Crippen LogP contribution is -2.19. The molecule has 5 rings (SSSR count). The predicted octanol–water partition coefficient (Wildman–Crippen LogP) is 5.15. The maximum Gasteiger partial charge on any atom is 0.397 e. The highest BCUT2D eigenvalue weighted by Crippen LogP contribution is 2.38. The van der Waals surface area contributed by atoms with Crippen LogP contribution >= 0.6 is 0 Å². The molecule has 1 N–H and O–H groups in total. The number of hydrogen-bond acceptors (Lipinski definition) is 2. The van der Waals surface area contributed by atoms with E-state index in [0.29, 0.717) is 17.1 Å². The minimum absolute atomic E-state index is 0.0349. The number of nitrogens with one attached hydrogen (secondary N) is 1. The van der Waals surface area contributed by atoms with E-state index in [1.165, 1.54) is 27.5 Å². The average molecular weight is 371 g/mol. The van der Waals surface area contributed by atoms with Crippen LogP contribution in [0.1, 0.15) is 36.5 Å². The van der Waals surface area contributed by atoms with Crippen molar-refractivity contribution in [1.82, 2.24) is 4.57 Å². The zero-order valence-corrected chi connectivity index (χ0v) is 16.8. The Morgan fingerprint density at radius 1 is 1.07 bits per heavy atom. The van der Waals surface area contributed by atoms with Crippen molar-refractivity contribution in [2.24, 2.45) is 7.05 Å². The van der Waals surface area contributed by atoms with Gasteiger partial charge in [0.25, 0.3) is 10.9 Å². The molecule has 4 heteroatoms. The molecule has 0 bridgehead atoms. The molecular formula is C24H23N2O2+. The van der Waals surface area contributed by atoms with Crippen molar-refractivity contribution < 1.29 is 9.40 Å². The van der Waals surface area contributed by atoms with Crippen molar-refractivity contribution in [3.63, 3.8) is 0 Å². The molecule has 4 nitrogen and oxygen atoms in total. The van der Waals surface area contributed by atoms with Gasteiger partial charge in [0, 0.05) is 17.8 Å². The van der Waals surface area contributed by atoms with Crippen LogP contribution in [0.5, 0.6) is 0 Å². The van der Waals surface area contributed by atoms with Gasteiger partial charge < -0.3 is 8.98 Å². The Balaban J connectivity index is 2.14. The minimum atomic E-state index is -0.0349. The number of fused-ring (bicyclic) bond motifs is 3. The van der Waals surface area contributed by atoms with Crippen LogP contribution in [0.4, 0.5) is 0 Å². The van der Waals surface area contributed by atoms with Crippen LogP contribution in [0.15, 0.2) is 45.6 Å². The molecule has 0 saturated carbocycles. The second-order valence-corrected chi connectivity index (χ2v) is 8.08. The summed E-state index contributed by atoms with van der Waals surface area (Å²) in [5.41, 5.74) is 7.58. The molecule has 0 atom stereocenters. The first kappa shape index (κ1) is 17.0. The second-order valence-electron chi connectivity index (χ2n) is 8.08. The highest BCUT2D eigenvalue weighted by Gasteiger charge is 2.22. The normalized spacial score (nSPS) is 12.2. The van der Waals surface area contributed by atoms with E-state index in [-0.39, 0.29) is 5.43 Å². The number of nitrogens with zero attached hydrogens (tertiary/aromatic N) is 1. The van der Waals surface area contributed by atoms with Gasteiger partial charge in [-0.2, -0.15) is 4.98 Å². The molecule has 0 saturated heterocycles. The van der Waals surface area contributed by atoms with Gasteiger partial charge in [-0.1, -0.05) is 32.0 Å². The van der Waals surface area contributed by atoms with Crippen LogP contribution in [-0.2, 0) is 7.05 Å². The third-order valence-corrected chi connectivity index (χ3v) is 6.01. The largest absolute Gasteiger partial charge is 0.403 e. The van der Waals surface area contributed by atoms with Crippen molar-refractivity contribution in [2.75, 3.05) is 0 Å². The number of aromatic amines is 1. The summed E-state index contributed by atoms with van der Waals surface area (Å²) >= 11 is 0. The molecule has 3 aromatic carbocycles. The van der Waals surface area contributed by atoms with Crippen LogP contribution in [0.2, 0.25) is 0 Å².